The van der Waals surface area contributed by atoms with Gasteiger partial charge in [0.1, 0.15) is 5.75 Å². The number of hydrogen-bond donors (Lipinski definition) is 1. The maximum atomic E-state index is 10.9. The van der Waals surface area contributed by atoms with Gasteiger partial charge in [-0.05, 0) is 6.07 Å². The van der Waals surface area contributed by atoms with Crippen LogP contribution in [-0.2, 0) is 0 Å². The van der Waals surface area contributed by atoms with E-state index in [4.69, 9.17) is 15.2 Å². The number of nitrogens with two attached hydrogens (primary N) is 1. The van der Waals surface area contributed by atoms with Gasteiger partial charge in [0.05, 0.1) is 12.0 Å². The lowest BCUT2D eigenvalue weighted by Crippen LogP contribution is -1.99. The Kier molecular flexibility index (Phi) is 3.42. The van der Waals surface area contributed by atoms with Crippen LogP contribution in [0.1, 0.15) is 0 Å². The second kappa shape index (κ2) is 5.17. The Hall–Kier alpha value is -2.90. The maximum absolute atomic E-state index is 10.9. The lowest BCUT2D eigenvalue weighted by atomic mass is 10.3. The molecule has 98 valence electrons. The van der Waals surface area contributed by atoms with Crippen LogP contribution >= 0.6 is 0 Å². The van der Waals surface area contributed by atoms with Gasteiger partial charge >= 0.3 is 5.69 Å². The zero-order valence-corrected chi connectivity index (χ0v) is 9.94. The van der Waals surface area contributed by atoms with E-state index >= 15 is 0 Å². The largest absolute Gasteiger partial charge is 0.497 e. The molecule has 0 aliphatic carbocycles. The molecular formula is C11H10N4O4. The number of hydrogen-bond acceptors (Lipinski definition) is 7. The molecule has 1 heterocycles. The average molecular weight is 262 g/mol. The fraction of sp³-hybridized carbons (Fsp3) is 0.0909. The highest BCUT2D eigenvalue weighted by atomic mass is 16.6. The van der Waals surface area contributed by atoms with Crippen molar-refractivity contribution in [1.82, 2.24) is 9.97 Å². The highest BCUT2D eigenvalue weighted by Gasteiger charge is 2.18. The zero-order valence-electron chi connectivity index (χ0n) is 9.94. The Labute approximate surface area is 108 Å². The van der Waals surface area contributed by atoms with Gasteiger partial charge in [-0.1, -0.05) is 0 Å². The number of rotatable bonds is 4. The fourth-order valence-electron chi connectivity index (χ4n) is 1.37. The van der Waals surface area contributed by atoms with Crippen LogP contribution in [0.5, 0.6) is 17.4 Å². The molecular weight excluding hydrogens is 252 g/mol. The van der Waals surface area contributed by atoms with Gasteiger partial charge in [0.2, 0.25) is 5.75 Å². The summed E-state index contributed by atoms with van der Waals surface area (Å²) in [6, 6.07) is 4.12. The first-order valence-corrected chi connectivity index (χ1v) is 5.18. The van der Waals surface area contributed by atoms with Gasteiger partial charge in [0.25, 0.3) is 5.88 Å². The number of benzene rings is 1. The van der Waals surface area contributed by atoms with Crippen molar-refractivity contribution in [3.8, 4) is 17.4 Å². The van der Waals surface area contributed by atoms with Crippen molar-refractivity contribution >= 4 is 11.5 Å². The first kappa shape index (κ1) is 12.6. The molecule has 0 saturated heterocycles. The Morgan fingerprint density at radius 3 is 2.68 bits per heavy atom. The summed E-state index contributed by atoms with van der Waals surface area (Å²) in [4.78, 5) is 18.0. The number of aromatic nitrogens is 2. The molecule has 0 spiro atoms. The van der Waals surface area contributed by atoms with Crippen LogP contribution in [0.15, 0.2) is 30.6 Å². The highest BCUT2D eigenvalue weighted by Crippen LogP contribution is 2.34. The third kappa shape index (κ3) is 2.68. The topological polar surface area (TPSA) is 113 Å². The van der Waals surface area contributed by atoms with Crippen LogP contribution in [-0.4, -0.2) is 22.0 Å². The second-order valence-electron chi connectivity index (χ2n) is 3.44. The van der Waals surface area contributed by atoms with E-state index in [-0.39, 0.29) is 23.1 Å². The van der Waals surface area contributed by atoms with Gasteiger partial charge in [-0.3, -0.25) is 10.1 Å². The SMILES string of the molecule is COc1ccc([N+](=O)[O-])c(Oc2nccnc2N)c1. The number of nitrogen functional groups attached to an aromatic ring is 1. The second-order valence-corrected chi connectivity index (χ2v) is 3.44. The summed E-state index contributed by atoms with van der Waals surface area (Å²) in [5.74, 6) is 0.443. The van der Waals surface area contributed by atoms with Crippen molar-refractivity contribution in [3.63, 3.8) is 0 Å². The van der Waals surface area contributed by atoms with Gasteiger partial charge in [-0.2, -0.15) is 0 Å². The number of nitro benzene ring substituents is 1. The summed E-state index contributed by atoms with van der Waals surface area (Å²) >= 11 is 0. The molecule has 1 aromatic heterocycles. The van der Waals surface area contributed by atoms with E-state index in [2.05, 4.69) is 9.97 Å². The molecule has 0 amide bonds. The minimum atomic E-state index is -0.568. The first-order chi connectivity index (χ1) is 9.11. The lowest BCUT2D eigenvalue weighted by Gasteiger charge is -2.08. The van der Waals surface area contributed by atoms with E-state index in [9.17, 15) is 10.1 Å². The van der Waals surface area contributed by atoms with Crippen LogP contribution in [0, 0.1) is 10.1 Å². The molecule has 1 aromatic carbocycles. The normalized spacial score (nSPS) is 9.95. The molecule has 2 aromatic rings. The van der Waals surface area contributed by atoms with Crippen LogP contribution in [0.3, 0.4) is 0 Å². The first-order valence-electron chi connectivity index (χ1n) is 5.18. The highest BCUT2D eigenvalue weighted by molar-refractivity contribution is 5.53. The van der Waals surface area contributed by atoms with E-state index in [0.29, 0.717) is 5.75 Å². The molecule has 0 fully saturated rings. The van der Waals surface area contributed by atoms with E-state index in [1.165, 1.54) is 37.7 Å². The Morgan fingerprint density at radius 2 is 2.05 bits per heavy atom. The van der Waals surface area contributed by atoms with Gasteiger partial charge in [0, 0.05) is 24.5 Å². The molecule has 8 heteroatoms. The smallest absolute Gasteiger partial charge is 0.311 e. The van der Waals surface area contributed by atoms with Crippen molar-refractivity contribution in [2.75, 3.05) is 12.8 Å². The number of methoxy groups -OCH3 is 1. The van der Waals surface area contributed by atoms with Crippen LogP contribution in [0.2, 0.25) is 0 Å². The predicted octanol–water partition coefficient (Wildman–Crippen LogP) is 1.77. The number of nitrogens with zero attached hydrogens (tertiary/aromatic N) is 3. The third-order valence-corrected chi connectivity index (χ3v) is 2.26. The molecule has 8 nitrogen and oxygen atoms in total. The summed E-state index contributed by atoms with van der Waals surface area (Å²) in [5.41, 5.74) is 5.35. The Balaban J connectivity index is 2.43. The van der Waals surface area contributed by atoms with E-state index < -0.39 is 4.92 Å². The molecule has 0 aliphatic rings. The van der Waals surface area contributed by atoms with Gasteiger partial charge in [-0.15, -0.1) is 0 Å². The Morgan fingerprint density at radius 1 is 1.32 bits per heavy atom. The molecule has 0 unspecified atom stereocenters. The van der Waals surface area contributed by atoms with Crippen molar-refractivity contribution in [2.24, 2.45) is 0 Å². The lowest BCUT2D eigenvalue weighted by molar-refractivity contribution is -0.385. The van der Waals surface area contributed by atoms with E-state index in [1.807, 2.05) is 0 Å². The minimum absolute atomic E-state index is 0.00106. The van der Waals surface area contributed by atoms with Crippen molar-refractivity contribution in [3.05, 3.63) is 40.7 Å². The van der Waals surface area contributed by atoms with Gasteiger partial charge < -0.3 is 15.2 Å². The minimum Gasteiger partial charge on any atom is -0.497 e. The number of ether oxygens (including phenoxy) is 2. The predicted molar refractivity (Wildman–Crippen MR) is 66.2 cm³/mol. The Bertz CT molecular complexity index is 617. The molecule has 0 atom stereocenters. The van der Waals surface area contributed by atoms with Crippen molar-refractivity contribution in [2.45, 2.75) is 0 Å². The molecule has 0 saturated carbocycles. The summed E-state index contributed by atoms with van der Waals surface area (Å²) in [6.45, 7) is 0. The zero-order chi connectivity index (χ0) is 13.8. The van der Waals surface area contributed by atoms with E-state index in [0.717, 1.165) is 0 Å². The van der Waals surface area contributed by atoms with Gasteiger partial charge in [0.15, 0.2) is 5.82 Å². The molecule has 2 rings (SSSR count). The summed E-state index contributed by atoms with van der Waals surface area (Å²) < 4.78 is 10.3. The summed E-state index contributed by atoms with van der Waals surface area (Å²) in [5, 5.41) is 10.9. The van der Waals surface area contributed by atoms with Crippen LogP contribution in [0.25, 0.3) is 0 Å². The summed E-state index contributed by atoms with van der Waals surface area (Å²) in [6.07, 6.45) is 2.76. The molecule has 0 radical (unpaired) electrons. The van der Waals surface area contributed by atoms with Gasteiger partial charge in [-0.25, -0.2) is 9.97 Å². The number of nitro groups is 1. The molecule has 19 heavy (non-hydrogen) atoms. The average Bonchev–Trinajstić information content (AvgIpc) is 2.41. The quantitative estimate of drug-likeness (QED) is 0.659. The molecule has 0 bridgehead atoms. The summed E-state index contributed by atoms with van der Waals surface area (Å²) in [7, 11) is 1.45. The standard InChI is InChI=1S/C11H10N4O4/c1-18-7-2-3-8(15(16)17)9(6-7)19-11-10(12)13-4-5-14-11/h2-6H,1H3,(H2,12,13). The van der Waals surface area contributed by atoms with Crippen molar-refractivity contribution in [1.29, 1.82) is 0 Å². The third-order valence-electron chi connectivity index (χ3n) is 2.26. The molecule has 2 N–H and O–H groups in total. The molecule has 0 aliphatic heterocycles. The van der Waals surface area contributed by atoms with E-state index in [1.54, 1.807) is 0 Å². The van der Waals surface area contributed by atoms with Crippen LogP contribution < -0.4 is 15.2 Å². The van der Waals surface area contributed by atoms with Crippen LogP contribution in [0.4, 0.5) is 11.5 Å². The monoisotopic (exact) mass is 262 g/mol. The van der Waals surface area contributed by atoms with Crippen molar-refractivity contribution < 1.29 is 14.4 Å². The number of anilines is 1. The fourth-order valence-corrected chi connectivity index (χ4v) is 1.37. The maximum Gasteiger partial charge on any atom is 0.311 e.